The number of fused-ring (bicyclic) bond motifs is 1. The first-order valence-corrected chi connectivity index (χ1v) is 12.6. The van der Waals surface area contributed by atoms with Gasteiger partial charge in [0, 0.05) is 18.5 Å². The van der Waals surface area contributed by atoms with Gasteiger partial charge in [-0.1, -0.05) is 6.08 Å². The van der Waals surface area contributed by atoms with E-state index >= 15 is 0 Å². The lowest BCUT2D eigenvalue weighted by molar-refractivity contribution is -0.295. The van der Waals surface area contributed by atoms with Crippen LogP contribution in [0.15, 0.2) is 16.8 Å². The van der Waals surface area contributed by atoms with Crippen LogP contribution in [-0.4, -0.2) is 67.7 Å². The Bertz CT molecular complexity index is 912. The molecule has 0 bridgehead atoms. The molecule has 3 rings (SSSR count). The number of halogens is 2. The highest BCUT2D eigenvalue weighted by Gasteiger charge is 2.41. The van der Waals surface area contributed by atoms with Gasteiger partial charge >= 0.3 is 12.6 Å². The van der Waals surface area contributed by atoms with Crippen molar-refractivity contribution in [3.8, 4) is 0 Å². The molecule has 12 heteroatoms. The second-order valence-corrected chi connectivity index (χ2v) is 11.9. The quantitative estimate of drug-likeness (QED) is 0.561. The third kappa shape index (κ3) is 7.43. The summed E-state index contributed by atoms with van der Waals surface area (Å²) in [4.78, 5) is 16.4. The van der Waals surface area contributed by atoms with E-state index in [0.29, 0.717) is 5.70 Å². The molecule has 33 heavy (non-hydrogen) atoms. The molecule has 1 aliphatic carbocycles. The van der Waals surface area contributed by atoms with Crippen molar-refractivity contribution in [3.63, 3.8) is 0 Å². The molecule has 0 aromatic rings. The van der Waals surface area contributed by atoms with E-state index in [2.05, 4.69) is 15.0 Å². The van der Waals surface area contributed by atoms with E-state index in [4.69, 9.17) is 14.2 Å². The molecule has 1 N–H and O–H groups in total. The minimum Gasteiger partial charge on any atom is -0.460 e. The lowest BCUT2D eigenvalue weighted by atomic mass is 9.98. The topological polar surface area (TPSA) is 113 Å². The smallest absolute Gasteiger partial charge is 0.345 e. The number of nitrogens with one attached hydrogen (secondary N) is 1. The first kappa shape index (κ1) is 26.0. The average Bonchev–Trinajstić information content (AvgIpc) is 3.01. The number of carbonyl (C=O) groups is 1. The van der Waals surface area contributed by atoms with Gasteiger partial charge in [-0.2, -0.15) is 8.78 Å². The normalized spacial score (nSPS) is 29.7. The predicted molar refractivity (Wildman–Crippen MR) is 115 cm³/mol. The van der Waals surface area contributed by atoms with Crippen LogP contribution >= 0.6 is 0 Å². The van der Waals surface area contributed by atoms with Gasteiger partial charge in [0.1, 0.15) is 5.60 Å². The molecule has 0 saturated carbocycles. The fraction of sp³-hybridized carbons (Fsp3) is 0.810. The summed E-state index contributed by atoms with van der Waals surface area (Å²) in [5, 5.41) is 2.59. The maximum atomic E-state index is 13.0. The average molecular weight is 495 g/mol. The Morgan fingerprint density at radius 1 is 1.27 bits per heavy atom. The monoisotopic (exact) mass is 494 g/mol. The molecule has 1 saturated heterocycles. The Morgan fingerprint density at radius 2 is 1.94 bits per heavy atom. The number of sulfone groups is 1. The molecule has 0 aromatic carbocycles. The van der Waals surface area contributed by atoms with Crippen LogP contribution in [0.2, 0.25) is 0 Å². The first-order chi connectivity index (χ1) is 15.1. The number of esters is 1. The maximum Gasteiger partial charge on any atom is 0.345 e. The Balaban J connectivity index is 1.64. The van der Waals surface area contributed by atoms with Crippen LogP contribution in [0.25, 0.3) is 0 Å². The largest absolute Gasteiger partial charge is 0.460 e. The van der Waals surface area contributed by atoms with Crippen LogP contribution in [0.5, 0.6) is 0 Å². The first-order valence-electron chi connectivity index (χ1n) is 10.9. The zero-order valence-electron chi connectivity index (χ0n) is 19.5. The van der Waals surface area contributed by atoms with Gasteiger partial charge in [0.25, 0.3) is 0 Å². The summed E-state index contributed by atoms with van der Waals surface area (Å²) in [6.07, 6.45) is 0.183. The van der Waals surface area contributed by atoms with E-state index in [1.54, 1.807) is 40.7 Å². The summed E-state index contributed by atoms with van der Waals surface area (Å²) >= 11 is 0. The van der Waals surface area contributed by atoms with E-state index < -0.39 is 58.2 Å². The number of alkyl halides is 2. The minimum absolute atomic E-state index is 0.0275. The number of hydrogen-bond acceptors (Lipinski definition) is 9. The van der Waals surface area contributed by atoms with Crippen molar-refractivity contribution in [2.24, 2.45) is 4.99 Å². The number of hydrogen-bond donors (Lipinski definition) is 1. The third-order valence-corrected chi connectivity index (χ3v) is 6.81. The summed E-state index contributed by atoms with van der Waals surface area (Å²) in [6.45, 7) is 5.70. The van der Waals surface area contributed by atoms with Crippen LogP contribution < -0.4 is 5.32 Å². The van der Waals surface area contributed by atoms with Crippen LogP contribution in [0.1, 0.15) is 60.3 Å². The summed E-state index contributed by atoms with van der Waals surface area (Å²) < 4.78 is 72.6. The fourth-order valence-electron chi connectivity index (χ4n) is 4.17. The molecule has 2 unspecified atom stereocenters. The predicted octanol–water partition coefficient (Wildman–Crippen LogP) is 2.66. The molecule has 0 radical (unpaired) electrons. The van der Waals surface area contributed by atoms with Crippen molar-refractivity contribution < 1.29 is 40.9 Å². The molecule has 0 aromatic heterocycles. The summed E-state index contributed by atoms with van der Waals surface area (Å²) in [6, 6.07) is -0.570. The van der Waals surface area contributed by atoms with Gasteiger partial charge in [-0.05, 0) is 41.0 Å². The molecule has 188 valence electrons. The van der Waals surface area contributed by atoms with Gasteiger partial charge in [-0.3, -0.25) is 4.79 Å². The van der Waals surface area contributed by atoms with Gasteiger partial charge in [0.2, 0.25) is 15.0 Å². The number of aliphatic imine (C=N–C) groups is 1. The molecular formula is C21H32F2N2O7S. The second-order valence-electron chi connectivity index (χ2n) is 9.91. The number of carbonyl (C=O) groups excluding carboxylic acids is 1. The third-order valence-electron chi connectivity index (χ3n) is 5.21. The van der Waals surface area contributed by atoms with Crippen molar-refractivity contribution in [1.29, 1.82) is 0 Å². The second kappa shape index (κ2) is 9.55. The van der Waals surface area contributed by atoms with E-state index in [1.165, 1.54) is 0 Å². The van der Waals surface area contributed by atoms with Gasteiger partial charge in [-0.25, -0.2) is 13.4 Å². The number of nitrogens with zero attached hydrogens (tertiary/aromatic N) is 1. The minimum atomic E-state index is -3.88. The van der Waals surface area contributed by atoms with E-state index in [9.17, 15) is 22.0 Å². The van der Waals surface area contributed by atoms with Crippen LogP contribution in [0.4, 0.5) is 8.78 Å². The Labute approximate surface area is 192 Å². The Morgan fingerprint density at radius 3 is 2.58 bits per heavy atom. The van der Waals surface area contributed by atoms with Crippen molar-refractivity contribution in [3.05, 3.63) is 11.8 Å². The standard InChI is InChI=1S/C21H32F2N2O7S/c1-20(2,3)32-17(26)10-13-8-14(31-21(4,5)30-13)11-33(27,28)19-24-15-7-6-12(29-18(22)23)9-16(15)25-19/h7,12-14,16,18H,6,8-11H2,1-5H3,(H,24,25)/t12?,13-,14+,16?/m1/s1. The highest BCUT2D eigenvalue weighted by molar-refractivity contribution is 8.06. The molecule has 2 aliphatic heterocycles. The molecule has 2 heterocycles. The molecule has 4 atom stereocenters. The maximum absolute atomic E-state index is 13.0. The highest BCUT2D eigenvalue weighted by atomic mass is 32.2. The van der Waals surface area contributed by atoms with Crippen LogP contribution in [0.3, 0.4) is 0 Å². The zero-order chi connectivity index (χ0) is 24.6. The van der Waals surface area contributed by atoms with E-state index in [0.717, 1.165) is 0 Å². The number of rotatable bonds is 6. The fourth-order valence-corrected chi connectivity index (χ4v) is 5.59. The summed E-state index contributed by atoms with van der Waals surface area (Å²) in [5.41, 5.74) is -0.0730. The van der Waals surface area contributed by atoms with E-state index in [-0.39, 0.29) is 36.6 Å². The highest BCUT2D eigenvalue weighted by Crippen LogP contribution is 2.31. The molecule has 9 nitrogen and oxygen atoms in total. The van der Waals surface area contributed by atoms with Crippen molar-refractivity contribution in [1.82, 2.24) is 5.32 Å². The van der Waals surface area contributed by atoms with Crippen molar-refractivity contribution in [2.75, 3.05) is 5.75 Å². The van der Waals surface area contributed by atoms with Gasteiger partial charge in [0.15, 0.2) is 5.79 Å². The van der Waals surface area contributed by atoms with Crippen molar-refractivity contribution in [2.45, 2.75) is 103 Å². The van der Waals surface area contributed by atoms with Crippen LogP contribution in [0, 0.1) is 0 Å². The van der Waals surface area contributed by atoms with Gasteiger partial charge in [0.05, 0.1) is 36.5 Å². The zero-order valence-corrected chi connectivity index (χ0v) is 20.3. The molecule has 0 spiro atoms. The Kier molecular flexibility index (Phi) is 7.52. The lowest BCUT2D eigenvalue weighted by Crippen LogP contribution is -2.48. The number of amidine groups is 1. The number of ether oxygens (including phenoxy) is 4. The molecular weight excluding hydrogens is 462 g/mol. The van der Waals surface area contributed by atoms with Crippen LogP contribution in [-0.2, 0) is 33.6 Å². The summed E-state index contributed by atoms with van der Waals surface area (Å²) in [5.74, 6) is -1.90. The lowest BCUT2D eigenvalue weighted by Gasteiger charge is -2.40. The van der Waals surface area contributed by atoms with Crippen molar-refractivity contribution >= 4 is 21.0 Å². The SMILES string of the molecule is CC(C)(C)OC(=O)C[C@H]1C[C@@H](CS(=O)(=O)C2=NC3CC(OC(F)F)CC=C3N2)OC(C)(C)O1. The summed E-state index contributed by atoms with van der Waals surface area (Å²) in [7, 11) is -3.88. The van der Waals surface area contributed by atoms with E-state index in [1.807, 2.05) is 0 Å². The molecule has 3 aliphatic rings. The molecule has 1 fully saturated rings. The molecule has 0 amide bonds. The van der Waals surface area contributed by atoms with Gasteiger partial charge < -0.3 is 24.3 Å². The van der Waals surface area contributed by atoms with Gasteiger partial charge in [-0.15, -0.1) is 0 Å². The Hall–Kier alpha value is -1.63.